The van der Waals surface area contributed by atoms with Gasteiger partial charge in [0.25, 0.3) is 0 Å². The molecule has 0 radical (unpaired) electrons. The fourth-order valence-electron chi connectivity index (χ4n) is 2.51. The summed E-state index contributed by atoms with van der Waals surface area (Å²) in [5, 5.41) is 13.9. The fourth-order valence-corrected chi connectivity index (χ4v) is 2.51. The van der Waals surface area contributed by atoms with Gasteiger partial charge in [-0.2, -0.15) is 5.10 Å². The maximum atomic E-state index is 13.1. The molecule has 24 heavy (non-hydrogen) atoms. The number of ether oxygens (including phenoxy) is 1. The average molecular weight is 326 g/mol. The largest absolute Gasteiger partial charge is 0.478 e. The summed E-state index contributed by atoms with van der Waals surface area (Å²) in [6.07, 6.45) is 0. The summed E-state index contributed by atoms with van der Waals surface area (Å²) in [7, 11) is 1.53. The van der Waals surface area contributed by atoms with Gasteiger partial charge in [0.1, 0.15) is 12.5 Å². The molecule has 5 nitrogen and oxygen atoms in total. The smallest absolute Gasteiger partial charge is 0.336 e. The number of hydrogen-bond donors (Lipinski definition) is 1. The standard InChI is InChI=1S/C18H15FN2O3/c1-24-11-21-17(14-4-2-3-5-15(14)18(22)23)10-16(20-21)12-6-8-13(19)9-7-12/h2-10H,11H2,1H3,(H,22,23). The van der Waals surface area contributed by atoms with E-state index in [0.717, 1.165) is 5.56 Å². The van der Waals surface area contributed by atoms with Crippen LogP contribution in [-0.2, 0) is 11.5 Å². The van der Waals surface area contributed by atoms with Crippen molar-refractivity contribution in [2.45, 2.75) is 6.73 Å². The second kappa shape index (κ2) is 6.64. The van der Waals surface area contributed by atoms with E-state index in [1.54, 1.807) is 47.1 Å². The summed E-state index contributed by atoms with van der Waals surface area (Å²) in [6.45, 7) is 0.171. The number of rotatable bonds is 5. The van der Waals surface area contributed by atoms with Crippen LogP contribution in [-0.4, -0.2) is 28.0 Å². The van der Waals surface area contributed by atoms with E-state index in [0.29, 0.717) is 17.0 Å². The van der Waals surface area contributed by atoms with Gasteiger partial charge in [0.05, 0.1) is 17.0 Å². The lowest BCUT2D eigenvalue weighted by Crippen LogP contribution is -2.06. The predicted octanol–water partition coefficient (Wildman–Crippen LogP) is 3.66. The maximum absolute atomic E-state index is 13.1. The van der Waals surface area contributed by atoms with Gasteiger partial charge in [-0.25, -0.2) is 13.9 Å². The zero-order valence-electron chi connectivity index (χ0n) is 12.9. The van der Waals surface area contributed by atoms with Crippen LogP contribution in [0.3, 0.4) is 0 Å². The van der Waals surface area contributed by atoms with Crippen LogP contribution < -0.4 is 0 Å². The molecule has 6 heteroatoms. The van der Waals surface area contributed by atoms with E-state index in [-0.39, 0.29) is 18.1 Å². The minimum atomic E-state index is -1.01. The van der Waals surface area contributed by atoms with Gasteiger partial charge in [-0.15, -0.1) is 0 Å². The number of benzene rings is 2. The van der Waals surface area contributed by atoms with Crippen LogP contribution in [0.1, 0.15) is 10.4 Å². The summed E-state index contributed by atoms with van der Waals surface area (Å²) in [6, 6.07) is 14.4. The Bertz CT molecular complexity index is 872. The van der Waals surface area contributed by atoms with Gasteiger partial charge in [0, 0.05) is 18.2 Å². The van der Waals surface area contributed by atoms with Crippen molar-refractivity contribution in [3.05, 3.63) is 66.0 Å². The van der Waals surface area contributed by atoms with Gasteiger partial charge < -0.3 is 9.84 Å². The van der Waals surface area contributed by atoms with Crippen LogP contribution in [0.25, 0.3) is 22.5 Å². The lowest BCUT2D eigenvalue weighted by atomic mass is 10.0. The van der Waals surface area contributed by atoms with Gasteiger partial charge >= 0.3 is 5.97 Å². The Morgan fingerprint density at radius 1 is 1.21 bits per heavy atom. The van der Waals surface area contributed by atoms with E-state index in [4.69, 9.17) is 4.74 Å². The molecule has 1 aromatic heterocycles. The Hall–Kier alpha value is -2.99. The van der Waals surface area contributed by atoms with E-state index < -0.39 is 5.97 Å². The third-order valence-electron chi connectivity index (χ3n) is 3.60. The SMILES string of the molecule is COCn1nc(-c2ccc(F)cc2)cc1-c1ccccc1C(=O)O. The quantitative estimate of drug-likeness (QED) is 0.777. The lowest BCUT2D eigenvalue weighted by molar-refractivity contribution is 0.0697. The van der Waals surface area contributed by atoms with Crippen molar-refractivity contribution < 1.29 is 19.0 Å². The third kappa shape index (κ3) is 3.04. The molecule has 1 N–H and O–H groups in total. The first-order valence-electron chi connectivity index (χ1n) is 7.25. The molecule has 0 aliphatic rings. The number of carboxylic acid groups (broad SMARTS) is 1. The molecular formula is C18H15FN2O3. The molecule has 0 bridgehead atoms. The number of halogens is 1. The van der Waals surface area contributed by atoms with Crippen molar-refractivity contribution in [2.24, 2.45) is 0 Å². The zero-order valence-corrected chi connectivity index (χ0v) is 12.9. The van der Waals surface area contributed by atoms with Crippen molar-refractivity contribution in [1.82, 2.24) is 9.78 Å². The van der Waals surface area contributed by atoms with Crippen molar-refractivity contribution >= 4 is 5.97 Å². The molecular weight excluding hydrogens is 311 g/mol. The van der Waals surface area contributed by atoms with Gasteiger partial charge in [0.15, 0.2) is 0 Å². The second-order valence-electron chi connectivity index (χ2n) is 5.19. The number of aromatic carboxylic acids is 1. The average Bonchev–Trinajstić information content (AvgIpc) is 2.99. The molecule has 1 heterocycles. The number of hydrogen-bond acceptors (Lipinski definition) is 3. The highest BCUT2D eigenvalue weighted by Gasteiger charge is 2.17. The summed E-state index contributed by atoms with van der Waals surface area (Å²) < 4.78 is 19.8. The fraction of sp³-hybridized carbons (Fsp3) is 0.111. The molecule has 0 aliphatic carbocycles. The van der Waals surface area contributed by atoms with Gasteiger partial charge in [0.2, 0.25) is 0 Å². The second-order valence-corrected chi connectivity index (χ2v) is 5.19. The summed E-state index contributed by atoms with van der Waals surface area (Å²) in [4.78, 5) is 11.5. The molecule has 0 aliphatic heterocycles. The van der Waals surface area contributed by atoms with Crippen LogP contribution in [0.15, 0.2) is 54.6 Å². The van der Waals surface area contributed by atoms with Crippen LogP contribution in [0.5, 0.6) is 0 Å². The molecule has 0 unspecified atom stereocenters. The minimum absolute atomic E-state index is 0.171. The number of carboxylic acids is 1. The van der Waals surface area contributed by atoms with Crippen molar-refractivity contribution in [3.8, 4) is 22.5 Å². The van der Waals surface area contributed by atoms with E-state index in [1.165, 1.54) is 19.2 Å². The summed E-state index contributed by atoms with van der Waals surface area (Å²) in [5.41, 5.74) is 2.69. The van der Waals surface area contributed by atoms with E-state index >= 15 is 0 Å². The highest BCUT2D eigenvalue weighted by molar-refractivity contribution is 5.95. The molecule has 3 aromatic rings. The maximum Gasteiger partial charge on any atom is 0.336 e. The van der Waals surface area contributed by atoms with E-state index in [9.17, 15) is 14.3 Å². The Morgan fingerprint density at radius 3 is 2.58 bits per heavy atom. The van der Waals surface area contributed by atoms with Crippen molar-refractivity contribution in [3.63, 3.8) is 0 Å². The summed E-state index contributed by atoms with van der Waals surface area (Å²) in [5.74, 6) is -1.34. The Kier molecular flexibility index (Phi) is 4.39. The molecule has 2 aromatic carbocycles. The normalized spacial score (nSPS) is 10.8. The zero-order chi connectivity index (χ0) is 17.1. The molecule has 0 saturated carbocycles. The van der Waals surface area contributed by atoms with E-state index in [1.807, 2.05) is 0 Å². The van der Waals surface area contributed by atoms with Crippen molar-refractivity contribution in [2.75, 3.05) is 7.11 Å². The Morgan fingerprint density at radius 2 is 1.92 bits per heavy atom. The van der Waals surface area contributed by atoms with Gasteiger partial charge in [-0.1, -0.05) is 18.2 Å². The minimum Gasteiger partial charge on any atom is -0.478 e. The predicted molar refractivity (Wildman–Crippen MR) is 87.0 cm³/mol. The molecule has 3 rings (SSSR count). The van der Waals surface area contributed by atoms with Crippen LogP contribution in [0.4, 0.5) is 4.39 Å². The molecule has 0 atom stereocenters. The first kappa shape index (κ1) is 15.9. The highest BCUT2D eigenvalue weighted by atomic mass is 19.1. The van der Waals surface area contributed by atoms with Crippen LogP contribution in [0, 0.1) is 5.82 Å². The number of aromatic nitrogens is 2. The topological polar surface area (TPSA) is 64.4 Å². The van der Waals surface area contributed by atoms with Crippen LogP contribution >= 0.6 is 0 Å². The monoisotopic (exact) mass is 326 g/mol. The third-order valence-corrected chi connectivity index (χ3v) is 3.60. The molecule has 0 saturated heterocycles. The Labute approximate surface area is 137 Å². The number of methoxy groups -OCH3 is 1. The molecule has 122 valence electrons. The highest BCUT2D eigenvalue weighted by Crippen LogP contribution is 2.29. The van der Waals surface area contributed by atoms with E-state index in [2.05, 4.69) is 5.10 Å². The van der Waals surface area contributed by atoms with Gasteiger partial charge in [-0.3, -0.25) is 0 Å². The molecule has 0 spiro atoms. The van der Waals surface area contributed by atoms with Crippen LogP contribution in [0.2, 0.25) is 0 Å². The van der Waals surface area contributed by atoms with Crippen molar-refractivity contribution in [1.29, 1.82) is 0 Å². The number of nitrogens with zero attached hydrogens (tertiary/aromatic N) is 2. The number of carbonyl (C=O) groups is 1. The van der Waals surface area contributed by atoms with Gasteiger partial charge in [-0.05, 0) is 36.4 Å². The molecule has 0 fully saturated rings. The summed E-state index contributed by atoms with van der Waals surface area (Å²) >= 11 is 0. The lowest BCUT2D eigenvalue weighted by Gasteiger charge is -2.08. The first-order valence-corrected chi connectivity index (χ1v) is 7.25. The molecule has 0 amide bonds. The first-order chi connectivity index (χ1) is 11.6. The Balaban J connectivity index is 2.14.